The molecule has 0 saturated heterocycles. The Morgan fingerprint density at radius 1 is 1.32 bits per heavy atom. The van der Waals surface area contributed by atoms with Gasteiger partial charge in [-0.3, -0.25) is 14.0 Å². The number of ketones is 1. The molecule has 0 aliphatic rings. The maximum Gasteiger partial charge on any atom is 0.298 e. The number of imidazole rings is 1. The zero-order chi connectivity index (χ0) is 20.3. The van der Waals surface area contributed by atoms with Crippen LogP contribution in [0.25, 0.3) is 11.4 Å². The molecular weight excluding hydrogens is 356 g/mol. The van der Waals surface area contributed by atoms with Crippen molar-refractivity contribution in [3.05, 3.63) is 60.2 Å². The van der Waals surface area contributed by atoms with E-state index in [9.17, 15) is 9.59 Å². The van der Waals surface area contributed by atoms with Crippen LogP contribution in [0.4, 0.5) is 5.69 Å². The van der Waals surface area contributed by atoms with Crippen molar-refractivity contribution in [2.75, 3.05) is 19.0 Å². The second-order valence-electron chi connectivity index (χ2n) is 6.74. The Labute approximate surface area is 163 Å². The van der Waals surface area contributed by atoms with Gasteiger partial charge in [-0.05, 0) is 42.7 Å². The Hall–Kier alpha value is -3.48. The molecule has 0 radical (unpaired) electrons. The fraction of sp³-hybridized carbons (Fsp3) is 0.238. The SMILES string of the molecule is C=C(C)c1cc(C(=O)CCc2ccc(OC=O)c(N(C)C)c2)nc2nccn12. The number of benzene rings is 1. The zero-order valence-electron chi connectivity index (χ0n) is 16.2. The van der Waals surface area contributed by atoms with Crippen LogP contribution >= 0.6 is 0 Å². The maximum atomic E-state index is 12.7. The average molecular weight is 378 g/mol. The van der Waals surface area contributed by atoms with E-state index >= 15 is 0 Å². The van der Waals surface area contributed by atoms with Gasteiger partial charge in [-0.25, -0.2) is 9.97 Å². The topological polar surface area (TPSA) is 76.8 Å². The van der Waals surface area contributed by atoms with E-state index in [1.165, 1.54) is 0 Å². The molecule has 0 N–H and O–H groups in total. The fourth-order valence-corrected chi connectivity index (χ4v) is 2.98. The molecule has 0 amide bonds. The minimum atomic E-state index is -0.0624. The van der Waals surface area contributed by atoms with Gasteiger partial charge < -0.3 is 9.64 Å². The lowest BCUT2D eigenvalue weighted by atomic mass is 10.0. The maximum absolute atomic E-state index is 12.7. The molecule has 0 aliphatic heterocycles. The van der Waals surface area contributed by atoms with Gasteiger partial charge in [0.1, 0.15) is 5.69 Å². The molecule has 144 valence electrons. The molecule has 2 heterocycles. The number of fused-ring (bicyclic) bond motifs is 1. The molecule has 7 heteroatoms. The molecule has 2 aromatic heterocycles. The van der Waals surface area contributed by atoms with Gasteiger partial charge in [-0.2, -0.15) is 0 Å². The van der Waals surface area contributed by atoms with Crippen LogP contribution in [0.1, 0.15) is 35.1 Å². The number of anilines is 1. The summed E-state index contributed by atoms with van der Waals surface area (Å²) in [6.45, 7) is 6.26. The van der Waals surface area contributed by atoms with Gasteiger partial charge in [0.15, 0.2) is 11.5 Å². The van der Waals surface area contributed by atoms with Gasteiger partial charge in [-0.1, -0.05) is 12.6 Å². The minimum Gasteiger partial charge on any atom is -0.427 e. The first-order valence-corrected chi connectivity index (χ1v) is 8.84. The highest BCUT2D eigenvalue weighted by atomic mass is 16.5. The normalized spacial score (nSPS) is 10.7. The van der Waals surface area contributed by atoms with Crippen LogP contribution < -0.4 is 9.64 Å². The molecule has 0 saturated carbocycles. The van der Waals surface area contributed by atoms with Crippen LogP contribution in [0.2, 0.25) is 0 Å². The van der Waals surface area contributed by atoms with Crippen molar-refractivity contribution in [3.8, 4) is 5.75 Å². The van der Waals surface area contributed by atoms with Crippen molar-refractivity contribution in [1.82, 2.24) is 14.4 Å². The molecular formula is C21H22N4O3. The highest BCUT2D eigenvalue weighted by molar-refractivity contribution is 5.95. The molecule has 7 nitrogen and oxygen atoms in total. The summed E-state index contributed by atoms with van der Waals surface area (Å²) in [5, 5.41) is 0. The van der Waals surface area contributed by atoms with Crippen molar-refractivity contribution < 1.29 is 14.3 Å². The van der Waals surface area contributed by atoms with Crippen molar-refractivity contribution in [3.63, 3.8) is 0 Å². The monoisotopic (exact) mass is 378 g/mol. The van der Waals surface area contributed by atoms with Gasteiger partial charge >= 0.3 is 0 Å². The Morgan fingerprint density at radius 3 is 2.79 bits per heavy atom. The van der Waals surface area contributed by atoms with Crippen LogP contribution in [0.3, 0.4) is 0 Å². The minimum absolute atomic E-state index is 0.0624. The fourth-order valence-electron chi connectivity index (χ4n) is 2.98. The van der Waals surface area contributed by atoms with E-state index in [2.05, 4.69) is 16.5 Å². The van der Waals surface area contributed by atoms with Gasteiger partial charge in [0.2, 0.25) is 5.78 Å². The number of hydrogen-bond acceptors (Lipinski definition) is 6. The Bertz CT molecular complexity index is 1050. The van der Waals surface area contributed by atoms with Gasteiger partial charge in [0.05, 0.1) is 11.4 Å². The van der Waals surface area contributed by atoms with Crippen LogP contribution in [-0.4, -0.2) is 40.7 Å². The third-order valence-electron chi connectivity index (χ3n) is 4.42. The van der Waals surface area contributed by atoms with E-state index in [0.29, 0.717) is 36.5 Å². The van der Waals surface area contributed by atoms with Crippen molar-refractivity contribution in [2.45, 2.75) is 19.8 Å². The largest absolute Gasteiger partial charge is 0.427 e. The summed E-state index contributed by atoms with van der Waals surface area (Å²) in [4.78, 5) is 33.8. The number of hydrogen-bond donors (Lipinski definition) is 0. The lowest BCUT2D eigenvalue weighted by molar-refractivity contribution is -0.120. The number of carbonyl (C=O) groups excluding carboxylic acids is 2. The van der Waals surface area contributed by atoms with E-state index in [4.69, 9.17) is 4.74 Å². The predicted octanol–water partition coefficient (Wildman–Crippen LogP) is 3.18. The Morgan fingerprint density at radius 2 is 2.11 bits per heavy atom. The molecule has 0 unspecified atom stereocenters. The highest BCUT2D eigenvalue weighted by Crippen LogP contribution is 2.28. The quantitative estimate of drug-likeness (QED) is 0.443. The van der Waals surface area contributed by atoms with E-state index in [1.54, 1.807) is 24.5 Å². The molecule has 0 bridgehead atoms. The summed E-state index contributed by atoms with van der Waals surface area (Å²) in [7, 11) is 3.73. The highest BCUT2D eigenvalue weighted by Gasteiger charge is 2.14. The average Bonchev–Trinajstić information content (AvgIpc) is 3.14. The first-order chi connectivity index (χ1) is 13.4. The molecule has 0 atom stereocenters. The number of allylic oxidation sites excluding steroid dienone is 1. The summed E-state index contributed by atoms with van der Waals surface area (Å²) in [5.41, 5.74) is 3.78. The number of aromatic nitrogens is 3. The van der Waals surface area contributed by atoms with Crippen LogP contribution in [0.5, 0.6) is 5.75 Å². The summed E-state index contributed by atoms with van der Waals surface area (Å²) in [5.74, 6) is 0.898. The number of rotatable bonds is 8. The number of Topliss-reactive ketones (excluding diaryl/α,β-unsaturated/α-hetero) is 1. The van der Waals surface area contributed by atoms with Crippen molar-refractivity contribution in [1.29, 1.82) is 0 Å². The molecule has 3 aromatic rings. The lowest BCUT2D eigenvalue weighted by Gasteiger charge is -2.17. The lowest BCUT2D eigenvalue weighted by Crippen LogP contribution is -2.11. The molecule has 1 aromatic carbocycles. The van der Waals surface area contributed by atoms with Crippen molar-refractivity contribution >= 4 is 29.3 Å². The summed E-state index contributed by atoms with van der Waals surface area (Å²) < 4.78 is 6.81. The van der Waals surface area contributed by atoms with Crippen LogP contribution in [0.15, 0.2) is 43.2 Å². The smallest absolute Gasteiger partial charge is 0.298 e. The number of ether oxygens (including phenoxy) is 1. The van der Waals surface area contributed by atoms with Crippen LogP contribution in [0, 0.1) is 0 Å². The van der Waals surface area contributed by atoms with Gasteiger partial charge in [0.25, 0.3) is 6.47 Å². The summed E-state index contributed by atoms with van der Waals surface area (Å²) in [6.07, 6.45) is 4.30. The predicted molar refractivity (Wildman–Crippen MR) is 108 cm³/mol. The summed E-state index contributed by atoms with van der Waals surface area (Å²) in [6, 6.07) is 7.25. The number of nitrogens with zero attached hydrogens (tertiary/aromatic N) is 4. The molecule has 0 fully saturated rings. The van der Waals surface area contributed by atoms with E-state index < -0.39 is 0 Å². The Kier molecular flexibility index (Phi) is 5.54. The van der Waals surface area contributed by atoms with Crippen molar-refractivity contribution in [2.24, 2.45) is 0 Å². The van der Waals surface area contributed by atoms with E-state index in [-0.39, 0.29) is 5.78 Å². The molecule has 28 heavy (non-hydrogen) atoms. The molecule has 0 spiro atoms. The molecule has 0 aliphatic carbocycles. The third-order valence-corrected chi connectivity index (χ3v) is 4.42. The number of carbonyl (C=O) groups is 2. The second-order valence-corrected chi connectivity index (χ2v) is 6.74. The third kappa shape index (κ3) is 3.93. The van der Waals surface area contributed by atoms with E-state index in [0.717, 1.165) is 22.5 Å². The number of aryl methyl sites for hydroxylation is 1. The Balaban J connectivity index is 1.81. The van der Waals surface area contributed by atoms with E-state index in [1.807, 2.05) is 42.5 Å². The summed E-state index contributed by atoms with van der Waals surface area (Å²) >= 11 is 0. The molecule has 3 rings (SSSR count). The van der Waals surface area contributed by atoms with Gasteiger partial charge in [-0.15, -0.1) is 0 Å². The zero-order valence-corrected chi connectivity index (χ0v) is 16.2. The first-order valence-electron chi connectivity index (χ1n) is 8.84. The van der Waals surface area contributed by atoms with Gasteiger partial charge in [0, 0.05) is 32.9 Å². The first kappa shape index (κ1) is 19.3. The van der Waals surface area contributed by atoms with Crippen LogP contribution in [-0.2, 0) is 11.2 Å². The second kappa shape index (κ2) is 8.04. The standard InChI is InChI=1S/C21H22N4O3/c1-14(2)17-12-16(23-21-22-9-10-25(17)21)19(27)7-5-15-6-8-20(28-13-26)18(11-15)24(3)4/h6,8-13H,1,5,7H2,2-4H3.